The highest BCUT2D eigenvalue weighted by Gasteiger charge is 2.20. The Bertz CT molecular complexity index is 849. The van der Waals surface area contributed by atoms with Gasteiger partial charge in [-0.25, -0.2) is 13.4 Å². The summed E-state index contributed by atoms with van der Waals surface area (Å²) in [6.45, 7) is 0. The van der Waals surface area contributed by atoms with E-state index >= 15 is 0 Å². The van der Waals surface area contributed by atoms with E-state index in [0.29, 0.717) is 10.2 Å². The van der Waals surface area contributed by atoms with Crippen LogP contribution in [0.1, 0.15) is 5.56 Å². The van der Waals surface area contributed by atoms with Crippen molar-refractivity contribution in [2.75, 3.05) is 10.5 Å². The van der Waals surface area contributed by atoms with E-state index in [2.05, 4.69) is 25.6 Å². The average Bonchev–Trinajstić information content (AvgIpc) is 2.42. The normalized spacial score (nSPS) is 10.9. The molecule has 0 aliphatic heterocycles. The number of nitrogens with zero attached hydrogens (tertiary/aromatic N) is 2. The van der Waals surface area contributed by atoms with E-state index in [9.17, 15) is 8.42 Å². The van der Waals surface area contributed by atoms with Crippen molar-refractivity contribution in [3.05, 3.63) is 45.5 Å². The first-order chi connectivity index (χ1) is 9.83. The first-order valence-electron chi connectivity index (χ1n) is 5.47. The summed E-state index contributed by atoms with van der Waals surface area (Å²) in [4.78, 5) is 3.69. The van der Waals surface area contributed by atoms with Gasteiger partial charge in [-0.15, -0.1) is 0 Å². The molecule has 0 unspecified atom stereocenters. The van der Waals surface area contributed by atoms with Crippen molar-refractivity contribution in [2.24, 2.45) is 0 Å². The summed E-state index contributed by atoms with van der Waals surface area (Å²) in [5.74, 6) is 0.0719. The number of hydrogen-bond acceptors (Lipinski definition) is 5. The molecule has 0 fully saturated rings. The molecule has 0 bridgehead atoms. The van der Waals surface area contributed by atoms with Crippen LogP contribution in [-0.4, -0.2) is 13.4 Å². The first-order valence-corrected chi connectivity index (χ1v) is 8.12. The molecule has 0 aliphatic carbocycles. The van der Waals surface area contributed by atoms with Crippen LogP contribution in [0.3, 0.4) is 0 Å². The Kier molecular flexibility index (Phi) is 4.37. The van der Waals surface area contributed by atoms with Gasteiger partial charge in [-0.2, -0.15) is 5.26 Å². The minimum atomic E-state index is -3.98. The van der Waals surface area contributed by atoms with Gasteiger partial charge in [-0.1, -0.05) is 11.6 Å². The van der Waals surface area contributed by atoms with Gasteiger partial charge in [0, 0.05) is 0 Å². The van der Waals surface area contributed by atoms with Crippen molar-refractivity contribution in [1.82, 2.24) is 4.98 Å². The molecule has 6 nitrogen and oxygen atoms in total. The number of nitrogens with one attached hydrogen (secondary N) is 1. The quantitative estimate of drug-likeness (QED) is 0.841. The third kappa shape index (κ3) is 3.44. The monoisotopic (exact) mass is 386 g/mol. The van der Waals surface area contributed by atoms with Gasteiger partial charge >= 0.3 is 0 Å². The van der Waals surface area contributed by atoms with Crippen LogP contribution in [0.15, 0.2) is 39.8 Å². The van der Waals surface area contributed by atoms with Gasteiger partial charge in [0.1, 0.15) is 4.90 Å². The molecule has 3 N–H and O–H groups in total. The van der Waals surface area contributed by atoms with Crippen LogP contribution in [0.25, 0.3) is 0 Å². The minimum absolute atomic E-state index is 0.00747. The van der Waals surface area contributed by atoms with Gasteiger partial charge in [0.25, 0.3) is 10.0 Å². The maximum Gasteiger partial charge on any atom is 0.264 e. The highest BCUT2D eigenvalue weighted by molar-refractivity contribution is 9.10. The van der Waals surface area contributed by atoms with Crippen LogP contribution in [0.5, 0.6) is 0 Å². The molecule has 1 aromatic heterocycles. The summed E-state index contributed by atoms with van der Waals surface area (Å²) in [6, 6.07) is 7.34. The SMILES string of the molecule is N#Cc1ccc(Cl)c(S(=O)(=O)Nc2ncc(N)cc2Br)c1. The standard InChI is InChI=1S/C12H8BrClN4O2S/c13-9-4-8(16)6-17-12(9)18-21(19,20)11-3-7(5-15)1-2-10(11)14/h1-4,6H,16H2,(H,17,18). The lowest BCUT2D eigenvalue weighted by molar-refractivity contribution is 0.601. The molecule has 1 aromatic carbocycles. The maximum absolute atomic E-state index is 12.3. The second kappa shape index (κ2) is 5.89. The highest BCUT2D eigenvalue weighted by atomic mass is 79.9. The summed E-state index contributed by atoms with van der Waals surface area (Å²) in [5.41, 5.74) is 6.11. The van der Waals surface area contributed by atoms with Crippen molar-refractivity contribution in [3.63, 3.8) is 0 Å². The summed E-state index contributed by atoms with van der Waals surface area (Å²) < 4.78 is 27.3. The molecule has 1 heterocycles. The fourth-order valence-corrected chi connectivity index (χ4v) is 3.64. The number of hydrogen-bond donors (Lipinski definition) is 2. The van der Waals surface area contributed by atoms with Gasteiger partial charge in [0.15, 0.2) is 5.82 Å². The number of benzene rings is 1. The molecule has 0 amide bonds. The average molecular weight is 388 g/mol. The Morgan fingerprint density at radius 3 is 2.71 bits per heavy atom. The fourth-order valence-electron chi connectivity index (χ4n) is 1.49. The Morgan fingerprint density at radius 1 is 1.38 bits per heavy atom. The minimum Gasteiger partial charge on any atom is -0.397 e. The lowest BCUT2D eigenvalue weighted by Gasteiger charge is -2.10. The Morgan fingerprint density at radius 2 is 2.10 bits per heavy atom. The van der Waals surface area contributed by atoms with E-state index in [1.165, 1.54) is 30.5 Å². The third-order valence-electron chi connectivity index (χ3n) is 2.44. The Balaban J connectivity index is 2.46. The lowest BCUT2D eigenvalue weighted by Crippen LogP contribution is -2.15. The molecular weight excluding hydrogens is 380 g/mol. The van der Waals surface area contributed by atoms with Crippen LogP contribution < -0.4 is 10.5 Å². The summed E-state index contributed by atoms with van der Waals surface area (Å²) >= 11 is 9.05. The highest BCUT2D eigenvalue weighted by Crippen LogP contribution is 2.28. The molecule has 2 aromatic rings. The number of aromatic nitrogens is 1. The van der Waals surface area contributed by atoms with E-state index in [-0.39, 0.29) is 21.3 Å². The van der Waals surface area contributed by atoms with E-state index in [1.807, 2.05) is 6.07 Å². The number of nitriles is 1. The predicted molar refractivity (Wildman–Crippen MR) is 83.3 cm³/mol. The zero-order valence-corrected chi connectivity index (χ0v) is 13.5. The predicted octanol–water partition coefficient (Wildman–Crippen LogP) is 2.75. The van der Waals surface area contributed by atoms with Crippen LogP contribution in [0, 0.1) is 11.3 Å². The van der Waals surface area contributed by atoms with Gasteiger partial charge < -0.3 is 5.73 Å². The van der Waals surface area contributed by atoms with Gasteiger partial charge in [-0.3, -0.25) is 4.72 Å². The van der Waals surface area contributed by atoms with Gasteiger partial charge in [0.05, 0.1) is 33.0 Å². The van der Waals surface area contributed by atoms with Crippen LogP contribution in [0.4, 0.5) is 11.5 Å². The number of sulfonamides is 1. The molecule has 0 radical (unpaired) electrons. The molecule has 0 saturated carbocycles. The second-order valence-corrected chi connectivity index (χ2v) is 6.87. The van der Waals surface area contributed by atoms with E-state index in [4.69, 9.17) is 22.6 Å². The summed E-state index contributed by atoms with van der Waals surface area (Å²) in [5, 5.41) is 8.85. The van der Waals surface area contributed by atoms with E-state index in [1.54, 1.807) is 0 Å². The van der Waals surface area contributed by atoms with Gasteiger partial charge in [0.2, 0.25) is 0 Å². The number of halogens is 2. The number of nitrogen functional groups attached to an aromatic ring is 1. The van der Waals surface area contributed by atoms with Crippen LogP contribution >= 0.6 is 27.5 Å². The number of nitrogens with two attached hydrogens (primary N) is 1. The Labute approximate surface area is 134 Å². The second-order valence-electron chi connectivity index (χ2n) is 3.96. The maximum atomic E-state index is 12.3. The number of rotatable bonds is 3. The molecular formula is C12H8BrClN4O2S. The van der Waals surface area contributed by atoms with Crippen molar-refractivity contribution in [1.29, 1.82) is 5.26 Å². The summed E-state index contributed by atoms with van der Waals surface area (Å²) in [6.07, 6.45) is 1.32. The molecule has 0 spiro atoms. The molecule has 0 aliphatic rings. The fraction of sp³-hybridized carbons (Fsp3) is 0. The zero-order chi connectivity index (χ0) is 15.6. The van der Waals surface area contributed by atoms with Crippen molar-refractivity contribution < 1.29 is 8.42 Å². The molecule has 21 heavy (non-hydrogen) atoms. The van der Waals surface area contributed by atoms with Crippen molar-refractivity contribution in [2.45, 2.75) is 4.90 Å². The van der Waals surface area contributed by atoms with E-state index < -0.39 is 10.0 Å². The molecule has 0 saturated heterocycles. The van der Waals surface area contributed by atoms with Crippen molar-refractivity contribution in [3.8, 4) is 6.07 Å². The zero-order valence-electron chi connectivity index (χ0n) is 10.3. The molecule has 108 valence electrons. The summed E-state index contributed by atoms with van der Waals surface area (Å²) in [7, 11) is -3.98. The molecule has 2 rings (SSSR count). The largest absolute Gasteiger partial charge is 0.397 e. The molecule has 9 heteroatoms. The Hall–Kier alpha value is -1.82. The smallest absolute Gasteiger partial charge is 0.264 e. The number of anilines is 2. The van der Waals surface area contributed by atoms with E-state index in [0.717, 1.165) is 0 Å². The topological polar surface area (TPSA) is 109 Å². The van der Waals surface area contributed by atoms with Crippen molar-refractivity contribution >= 4 is 49.1 Å². The lowest BCUT2D eigenvalue weighted by atomic mass is 10.2. The van der Waals surface area contributed by atoms with Crippen LogP contribution in [-0.2, 0) is 10.0 Å². The first kappa shape index (κ1) is 15.6. The number of pyridine rings is 1. The molecule has 0 atom stereocenters. The third-order valence-corrected chi connectivity index (χ3v) is 4.87. The van der Waals surface area contributed by atoms with Crippen LogP contribution in [0.2, 0.25) is 5.02 Å². The van der Waals surface area contributed by atoms with Gasteiger partial charge in [-0.05, 0) is 40.2 Å².